The minimum Gasteiger partial charge on any atom is -0.355 e. The summed E-state index contributed by atoms with van der Waals surface area (Å²) in [6.45, 7) is 0.716. The molecule has 24 heavy (non-hydrogen) atoms. The Balaban J connectivity index is 1.90. The molecule has 0 aliphatic carbocycles. The number of anilines is 1. The number of amides is 2. The maximum absolute atomic E-state index is 12.9. The number of rotatable bonds is 6. The Labute approximate surface area is 140 Å². The number of carbonyl (C=O) groups excluding carboxylic acids is 2. The van der Waals surface area contributed by atoms with Crippen molar-refractivity contribution in [2.75, 3.05) is 26.0 Å². The molecule has 5 nitrogen and oxygen atoms in total. The molecule has 2 aromatic rings. The lowest BCUT2D eigenvalue weighted by Gasteiger charge is -2.16. The van der Waals surface area contributed by atoms with E-state index in [0.29, 0.717) is 17.8 Å². The fourth-order valence-electron chi connectivity index (χ4n) is 2.29. The molecule has 6 heteroatoms. The van der Waals surface area contributed by atoms with Crippen molar-refractivity contribution in [2.45, 2.75) is 6.54 Å². The van der Waals surface area contributed by atoms with Gasteiger partial charge in [-0.05, 0) is 42.9 Å². The van der Waals surface area contributed by atoms with Crippen LogP contribution in [0.2, 0.25) is 0 Å². The second-order valence-corrected chi connectivity index (χ2v) is 5.51. The van der Waals surface area contributed by atoms with Crippen molar-refractivity contribution in [2.24, 2.45) is 0 Å². The zero-order chi connectivity index (χ0) is 17.5. The third kappa shape index (κ3) is 5.17. The summed E-state index contributed by atoms with van der Waals surface area (Å²) in [4.78, 5) is 25.5. The van der Waals surface area contributed by atoms with Crippen LogP contribution in [0.25, 0.3) is 0 Å². The van der Waals surface area contributed by atoms with Gasteiger partial charge in [0.1, 0.15) is 5.82 Å². The van der Waals surface area contributed by atoms with Crippen LogP contribution in [0, 0.1) is 5.82 Å². The topological polar surface area (TPSA) is 61.4 Å². The van der Waals surface area contributed by atoms with Gasteiger partial charge in [-0.1, -0.05) is 18.2 Å². The SMILES string of the molecule is CNC(=O)c1cccc(NC(=O)CN(C)Cc2ccc(F)cc2)c1. The average molecular weight is 329 g/mol. The summed E-state index contributed by atoms with van der Waals surface area (Å²) in [6.07, 6.45) is 0. The molecule has 0 bridgehead atoms. The van der Waals surface area contributed by atoms with Crippen LogP contribution in [0.5, 0.6) is 0 Å². The van der Waals surface area contributed by atoms with Crippen molar-refractivity contribution in [1.29, 1.82) is 0 Å². The van der Waals surface area contributed by atoms with E-state index in [1.54, 1.807) is 43.4 Å². The normalized spacial score (nSPS) is 10.5. The van der Waals surface area contributed by atoms with Crippen molar-refractivity contribution in [1.82, 2.24) is 10.2 Å². The van der Waals surface area contributed by atoms with E-state index in [0.717, 1.165) is 5.56 Å². The Morgan fingerprint density at radius 2 is 1.83 bits per heavy atom. The average Bonchev–Trinajstić information content (AvgIpc) is 2.56. The number of likely N-dealkylation sites (N-methyl/N-ethyl adjacent to an activating group) is 1. The molecule has 0 aromatic heterocycles. The Bertz CT molecular complexity index is 716. The van der Waals surface area contributed by atoms with Crippen LogP contribution < -0.4 is 10.6 Å². The van der Waals surface area contributed by atoms with Gasteiger partial charge in [0, 0.05) is 24.8 Å². The molecule has 2 N–H and O–H groups in total. The van der Waals surface area contributed by atoms with E-state index < -0.39 is 0 Å². The molecule has 0 radical (unpaired) electrons. The third-order valence-electron chi connectivity index (χ3n) is 3.41. The van der Waals surface area contributed by atoms with Crippen LogP contribution in [0.15, 0.2) is 48.5 Å². The van der Waals surface area contributed by atoms with Gasteiger partial charge in [-0.25, -0.2) is 4.39 Å². The molecule has 2 amide bonds. The van der Waals surface area contributed by atoms with E-state index >= 15 is 0 Å². The van der Waals surface area contributed by atoms with Crippen LogP contribution in [-0.4, -0.2) is 37.4 Å². The second kappa shape index (κ2) is 8.21. The molecule has 2 rings (SSSR count). The van der Waals surface area contributed by atoms with Gasteiger partial charge in [0.15, 0.2) is 0 Å². The zero-order valence-electron chi connectivity index (χ0n) is 13.7. The summed E-state index contributed by atoms with van der Waals surface area (Å²) < 4.78 is 12.9. The molecule has 0 fully saturated rings. The monoisotopic (exact) mass is 329 g/mol. The van der Waals surface area contributed by atoms with Crippen molar-refractivity contribution >= 4 is 17.5 Å². The minimum absolute atomic E-state index is 0.182. The lowest BCUT2D eigenvalue weighted by molar-refractivity contribution is -0.117. The van der Waals surface area contributed by atoms with Crippen molar-refractivity contribution < 1.29 is 14.0 Å². The number of hydrogen-bond acceptors (Lipinski definition) is 3. The lowest BCUT2D eigenvalue weighted by Crippen LogP contribution is -2.30. The van der Waals surface area contributed by atoms with Gasteiger partial charge < -0.3 is 10.6 Å². The molecule has 126 valence electrons. The predicted molar refractivity (Wildman–Crippen MR) is 91.2 cm³/mol. The van der Waals surface area contributed by atoms with Gasteiger partial charge in [-0.2, -0.15) is 0 Å². The first-order valence-electron chi connectivity index (χ1n) is 7.53. The Kier molecular flexibility index (Phi) is 6.03. The van der Waals surface area contributed by atoms with Gasteiger partial charge in [0.25, 0.3) is 5.91 Å². The highest BCUT2D eigenvalue weighted by Gasteiger charge is 2.09. The van der Waals surface area contributed by atoms with E-state index in [1.807, 2.05) is 11.9 Å². The van der Waals surface area contributed by atoms with E-state index in [1.165, 1.54) is 12.1 Å². The Hall–Kier alpha value is -2.73. The molecule has 0 unspecified atom stereocenters. The summed E-state index contributed by atoms with van der Waals surface area (Å²) >= 11 is 0. The number of halogens is 1. The van der Waals surface area contributed by atoms with E-state index in [9.17, 15) is 14.0 Å². The lowest BCUT2D eigenvalue weighted by atomic mass is 10.2. The molecule has 0 aliphatic heterocycles. The maximum atomic E-state index is 12.9. The quantitative estimate of drug-likeness (QED) is 0.854. The van der Waals surface area contributed by atoms with E-state index in [4.69, 9.17) is 0 Å². The van der Waals surface area contributed by atoms with Crippen LogP contribution in [0.1, 0.15) is 15.9 Å². The number of benzene rings is 2. The smallest absolute Gasteiger partial charge is 0.251 e. The summed E-state index contributed by atoms with van der Waals surface area (Å²) in [7, 11) is 3.36. The van der Waals surface area contributed by atoms with E-state index in [2.05, 4.69) is 10.6 Å². The summed E-state index contributed by atoms with van der Waals surface area (Å²) in [5.41, 5.74) is 1.97. The molecule has 0 aliphatic rings. The van der Waals surface area contributed by atoms with E-state index in [-0.39, 0.29) is 24.2 Å². The largest absolute Gasteiger partial charge is 0.355 e. The fraction of sp³-hybridized carbons (Fsp3) is 0.222. The number of nitrogens with one attached hydrogen (secondary N) is 2. The predicted octanol–water partition coefficient (Wildman–Crippen LogP) is 2.26. The molecule has 0 saturated heterocycles. The molecule has 0 saturated carbocycles. The van der Waals surface area contributed by atoms with Crippen LogP contribution in [0.3, 0.4) is 0 Å². The Morgan fingerprint density at radius 1 is 1.12 bits per heavy atom. The molecule has 2 aromatic carbocycles. The fourth-order valence-corrected chi connectivity index (χ4v) is 2.29. The number of carbonyl (C=O) groups is 2. The first-order valence-corrected chi connectivity index (χ1v) is 7.53. The van der Waals surface area contributed by atoms with Crippen molar-refractivity contribution in [3.63, 3.8) is 0 Å². The molecule has 0 heterocycles. The summed E-state index contributed by atoms with van der Waals surface area (Å²) in [6, 6.07) is 12.9. The first-order chi connectivity index (χ1) is 11.5. The van der Waals surface area contributed by atoms with Gasteiger partial charge in [-0.3, -0.25) is 14.5 Å². The van der Waals surface area contributed by atoms with Crippen LogP contribution in [0.4, 0.5) is 10.1 Å². The van der Waals surface area contributed by atoms with Crippen molar-refractivity contribution in [3.05, 3.63) is 65.5 Å². The van der Waals surface area contributed by atoms with Gasteiger partial charge in [-0.15, -0.1) is 0 Å². The molecular formula is C18H20FN3O2. The highest BCUT2D eigenvalue weighted by molar-refractivity contribution is 5.97. The van der Waals surface area contributed by atoms with Gasteiger partial charge >= 0.3 is 0 Å². The molecule has 0 atom stereocenters. The molecular weight excluding hydrogens is 309 g/mol. The minimum atomic E-state index is -0.282. The van der Waals surface area contributed by atoms with Crippen LogP contribution >= 0.6 is 0 Å². The van der Waals surface area contributed by atoms with Crippen molar-refractivity contribution in [3.8, 4) is 0 Å². The summed E-state index contributed by atoms with van der Waals surface area (Å²) in [5, 5.41) is 5.31. The zero-order valence-corrected chi connectivity index (χ0v) is 13.7. The maximum Gasteiger partial charge on any atom is 0.251 e. The number of hydrogen-bond donors (Lipinski definition) is 2. The first kappa shape index (κ1) is 17.6. The third-order valence-corrected chi connectivity index (χ3v) is 3.41. The Morgan fingerprint density at radius 3 is 2.50 bits per heavy atom. The second-order valence-electron chi connectivity index (χ2n) is 5.51. The highest BCUT2D eigenvalue weighted by Crippen LogP contribution is 2.11. The van der Waals surface area contributed by atoms with Gasteiger partial charge in [0.2, 0.25) is 5.91 Å². The highest BCUT2D eigenvalue weighted by atomic mass is 19.1. The van der Waals surface area contributed by atoms with Crippen LogP contribution in [-0.2, 0) is 11.3 Å². The standard InChI is InChI=1S/C18H20FN3O2/c1-20-18(24)14-4-3-5-16(10-14)21-17(23)12-22(2)11-13-6-8-15(19)9-7-13/h3-10H,11-12H2,1-2H3,(H,20,24)(H,21,23). The number of nitrogens with zero attached hydrogens (tertiary/aromatic N) is 1. The molecule has 0 spiro atoms. The summed E-state index contributed by atoms with van der Waals surface area (Å²) in [5.74, 6) is -0.677. The van der Waals surface area contributed by atoms with Gasteiger partial charge in [0.05, 0.1) is 6.54 Å².